The van der Waals surface area contributed by atoms with E-state index in [1.165, 1.54) is 24.4 Å². The topological polar surface area (TPSA) is 89.0 Å². The van der Waals surface area contributed by atoms with Crippen LogP contribution in [0.4, 0.5) is 4.39 Å². The summed E-state index contributed by atoms with van der Waals surface area (Å²) < 4.78 is 25.6. The van der Waals surface area contributed by atoms with Crippen molar-refractivity contribution < 1.29 is 23.5 Å². The summed E-state index contributed by atoms with van der Waals surface area (Å²) in [6, 6.07) is 18.1. The fourth-order valence-corrected chi connectivity index (χ4v) is 3.59. The second-order valence-electron chi connectivity index (χ2n) is 8.83. The molecule has 37 heavy (non-hydrogen) atoms. The van der Waals surface area contributed by atoms with Crippen LogP contribution in [0.15, 0.2) is 71.8 Å². The van der Waals surface area contributed by atoms with Crippen molar-refractivity contribution in [1.82, 2.24) is 10.7 Å². The lowest BCUT2D eigenvalue weighted by atomic mass is 10.0. The van der Waals surface area contributed by atoms with E-state index in [0.29, 0.717) is 30.3 Å². The van der Waals surface area contributed by atoms with Gasteiger partial charge in [0.2, 0.25) is 0 Å². The van der Waals surface area contributed by atoms with E-state index in [4.69, 9.17) is 9.47 Å². The molecule has 0 saturated heterocycles. The van der Waals surface area contributed by atoms with Crippen molar-refractivity contribution in [1.29, 1.82) is 0 Å². The molecule has 0 spiro atoms. The van der Waals surface area contributed by atoms with E-state index in [0.717, 1.165) is 11.1 Å². The number of nitrogens with one attached hydrogen (secondary N) is 2. The van der Waals surface area contributed by atoms with E-state index >= 15 is 0 Å². The molecule has 3 aromatic rings. The first kappa shape index (κ1) is 27.4. The molecule has 0 saturated carbocycles. The van der Waals surface area contributed by atoms with Crippen LogP contribution in [0.3, 0.4) is 0 Å². The Bertz CT molecular complexity index is 1260. The third-order valence-corrected chi connectivity index (χ3v) is 5.49. The Morgan fingerprint density at radius 3 is 2.49 bits per heavy atom. The molecule has 1 atom stereocenters. The van der Waals surface area contributed by atoms with E-state index in [-0.39, 0.29) is 11.5 Å². The molecule has 3 rings (SSSR count). The Kier molecular flexibility index (Phi) is 9.77. The van der Waals surface area contributed by atoms with Gasteiger partial charge < -0.3 is 14.8 Å². The molecule has 0 radical (unpaired) electrons. The van der Waals surface area contributed by atoms with E-state index in [1.54, 1.807) is 38.1 Å². The number of rotatable bonds is 11. The minimum absolute atomic E-state index is 0.127. The van der Waals surface area contributed by atoms with Gasteiger partial charge in [-0.15, -0.1) is 0 Å². The van der Waals surface area contributed by atoms with Crippen LogP contribution < -0.4 is 20.2 Å². The summed E-state index contributed by atoms with van der Waals surface area (Å²) in [5.41, 5.74) is 5.22. The fraction of sp³-hybridized carbons (Fsp3) is 0.276. The number of benzene rings is 3. The van der Waals surface area contributed by atoms with E-state index in [2.05, 4.69) is 21.9 Å². The smallest absolute Gasteiger partial charge is 0.262 e. The minimum atomic E-state index is -0.902. The van der Waals surface area contributed by atoms with Gasteiger partial charge in [-0.3, -0.25) is 9.59 Å². The Labute approximate surface area is 216 Å². The predicted octanol–water partition coefficient (Wildman–Crippen LogP) is 5.02. The largest absolute Gasteiger partial charge is 0.490 e. The second-order valence-corrected chi connectivity index (χ2v) is 8.83. The number of hydrogen-bond donors (Lipinski definition) is 2. The van der Waals surface area contributed by atoms with Crippen molar-refractivity contribution in [3.63, 3.8) is 0 Å². The lowest BCUT2D eigenvalue weighted by molar-refractivity contribution is -0.123. The van der Waals surface area contributed by atoms with E-state index in [9.17, 15) is 14.0 Å². The number of halogens is 1. The van der Waals surface area contributed by atoms with E-state index < -0.39 is 23.7 Å². The SMILES string of the molecule is CCOc1cc(C=NNC(=O)C(NC(=O)c2ccccc2F)C(C)C)ccc1OCc1cccc(C)c1. The van der Waals surface area contributed by atoms with Crippen LogP contribution >= 0.6 is 0 Å². The highest BCUT2D eigenvalue weighted by atomic mass is 19.1. The van der Waals surface area contributed by atoms with Crippen molar-refractivity contribution in [2.75, 3.05) is 6.61 Å². The molecule has 0 heterocycles. The van der Waals surface area contributed by atoms with Crippen LogP contribution in [-0.4, -0.2) is 30.7 Å². The summed E-state index contributed by atoms with van der Waals surface area (Å²) in [6.45, 7) is 8.32. The highest BCUT2D eigenvalue weighted by Crippen LogP contribution is 2.29. The lowest BCUT2D eigenvalue weighted by Crippen LogP contribution is -2.48. The molecular formula is C29H32FN3O4. The lowest BCUT2D eigenvalue weighted by Gasteiger charge is -2.20. The number of aryl methyl sites for hydroxylation is 1. The van der Waals surface area contributed by atoms with Crippen LogP contribution in [0.1, 0.15) is 47.8 Å². The van der Waals surface area contributed by atoms with Crippen molar-refractivity contribution in [2.24, 2.45) is 11.0 Å². The van der Waals surface area contributed by atoms with Gasteiger partial charge in [-0.2, -0.15) is 5.10 Å². The zero-order valence-corrected chi connectivity index (χ0v) is 21.5. The Morgan fingerprint density at radius 2 is 1.78 bits per heavy atom. The van der Waals surface area contributed by atoms with Crippen molar-refractivity contribution in [3.8, 4) is 11.5 Å². The van der Waals surface area contributed by atoms with Gasteiger partial charge in [0.1, 0.15) is 18.5 Å². The maximum absolute atomic E-state index is 13.9. The number of nitrogens with zero attached hydrogens (tertiary/aromatic N) is 1. The van der Waals surface area contributed by atoms with Crippen molar-refractivity contribution in [2.45, 2.75) is 40.3 Å². The van der Waals surface area contributed by atoms with Crippen molar-refractivity contribution >= 4 is 18.0 Å². The Balaban J connectivity index is 1.64. The number of carbonyl (C=O) groups is 2. The third kappa shape index (κ3) is 7.90. The number of ether oxygens (including phenoxy) is 2. The molecule has 2 amide bonds. The summed E-state index contributed by atoms with van der Waals surface area (Å²) in [5, 5.41) is 6.62. The predicted molar refractivity (Wildman–Crippen MR) is 141 cm³/mol. The number of carbonyl (C=O) groups excluding carboxylic acids is 2. The minimum Gasteiger partial charge on any atom is -0.490 e. The Morgan fingerprint density at radius 1 is 1.00 bits per heavy atom. The van der Waals surface area contributed by atoms with Crippen LogP contribution in [0.5, 0.6) is 11.5 Å². The molecule has 0 aliphatic heterocycles. The zero-order valence-electron chi connectivity index (χ0n) is 21.5. The maximum atomic E-state index is 13.9. The molecular weight excluding hydrogens is 473 g/mol. The molecule has 0 fully saturated rings. The number of hydrogen-bond acceptors (Lipinski definition) is 5. The summed E-state index contributed by atoms with van der Waals surface area (Å²) >= 11 is 0. The average molecular weight is 506 g/mol. The third-order valence-electron chi connectivity index (χ3n) is 5.49. The highest BCUT2D eigenvalue weighted by molar-refractivity contribution is 5.98. The van der Waals surface area contributed by atoms with E-state index in [1.807, 2.05) is 32.0 Å². The second kappa shape index (κ2) is 13.2. The first-order chi connectivity index (χ1) is 17.8. The van der Waals surface area contributed by atoms with Crippen molar-refractivity contribution in [3.05, 3.63) is 94.8 Å². The summed E-state index contributed by atoms with van der Waals surface area (Å²) in [7, 11) is 0. The van der Waals surface area contributed by atoms with Gasteiger partial charge in [-0.25, -0.2) is 9.82 Å². The van der Waals surface area contributed by atoms with Gasteiger partial charge >= 0.3 is 0 Å². The normalized spacial score (nSPS) is 11.8. The van der Waals surface area contributed by atoms with Gasteiger partial charge in [-0.1, -0.05) is 55.8 Å². The molecule has 8 heteroatoms. The molecule has 3 aromatic carbocycles. The first-order valence-corrected chi connectivity index (χ1v) is 12.1. The van der Waals surface area contributed by atoms with Crippen LogP contribution in [-0.2, 0) is 11.4 Å². The fourth-order valence-electron chi connectivity index (χ4n) is 3.59. The molecule has 0 bridgehead atoms. The molecule has 7 nitrogen and oxygen atoms in total. The van der Waals surface area contributed by atoms with Gasteiger partial charge in [0.25, 0.3) is 11.8 Å². The van der Waals surface area contributed by atoms with Gasteiger partial charge in [-0.05, 0) is 61.2 Å². The monoisotopic (exact) mass is 505 g/mol. The quantitative estimate of drug-likeness (QED) is 0.283. The highest BCUT2D eigenvalue weighted by Gasteiger charge is 2.25. The average Bonchev–Trinajstić information content (AvgIpc) is 2.87. The van der Waals surface area contributed by atoms with Crippen LogP contribution in [0.25, 0.3) is 0 Å². The summed E-state index contributed by atoms with van der Waals surface area (Å²) in [6.07, 6.45) is 1.47. The van der Waals surface area contributed by atoms with Gasteiger partial charge in [0.15, 0.2) is 11.5 Å². The molecule has 0 aliphatic carbocycles. The number of amides is 2. The van der Waals surface area contributed by atoms with Gasteiger partial charge in [0.05, 0.1) is 18.4 Å². The van der Waals surface area contributed by atoms with Crippen LogP contribution in [0, 0.1) is 18.7 Å². The van der Waals surface area contributed by atoms with Crippen LogP contribution in [0.2, 0.25) is 0 Å². The maximum Gasteiger partial charge on any atom is 0.262 e. The standard InChI is InChI=1S/C29H32FN3O4/c1-5-36-26-16-21(13-14-25(26)37-18-22-10-8-9-20(4)15-22)17-31-33-29(35)27(19(2)3)32-28(34)23-11-6-7-12-24(23)30/h6-17,19,27H,5,18H2,1-4H3,(H,32,34)(H,33,35). The molecule has 0 aromatic heterocycles. The molecule has 194 valence electrons. The molecule has 1 unspecified atom stereocenters. The van der Waals surface area contributed by atoms with Gasteiger partial charge in [0, 0.05) is 0 Å². The molecule has 2 N–H and O–H groups in total. The summed E-state index contributed by atoms with van der Waals surface area (Å²) in [5.74, 6) is -0.932. The first-order valence-electron chi connectivity index (χ1n) is 12.1. The zero-order chi connectivity index (χ0) is 26.8. The molecule has 0 aliphatic rings. The summed E-state index contributed by atoms with van der Waals surface area (Å²) in [4.78, 5) is 25.2. The Hall–Kier alpha value is -4.20. The number of hydrazone groups is 1.